The van der Waals surface area contributed by atoms with Gasteiger partial charge < -0.3 is 10.2 Å². The minimum absolute atomic E-state index is 0.0748. The van der Waals surface area contributed by atoms with Gasteiger partial charge in [-0.1, -0.05) is 36.4 Å². The van der Waals surface area contributed by atoms with E-state index in [1.165, 1.54) is 5.39 Å². The highest BCUT2D eigenvalue weighted by atomic mass is 79.9. The van der Waals surface area contributed by atoms with Gasteiger partial charge in [0.05, 0.1) is 6.61 Å². The number of halogens is 1. The average Bonchev–Trinajstić information content (AvgIpc) is 2.29. The number of carbonyl (C=O) groups is 1. The summed E-state index contributed by atoms with van der Waals surface area (Å²) in [7, 11) is 0. The molecule has 17 heavy (non-hydrogen) atoms. The third-order valence-electron chi connectivity index (χ3n) is 2.11. The summed E-state index contributed by atoms with van der Waals surface area (Å²) >= 11 is 3.48. The van der Waals surface area contributed by atoms with Crippen LogP contribution in [-0.2, 0) is 11.4 Å². The van der Waals surface area contributed by atoms with Gasteiger partial charge in [-0.15, -0.1) is 0 Å². The van der Waals surface area contributed by atoms with Crippen LogP contribution in [0.4, 0.5) is 0 Å². The Labute approximate surface area is 108 Å². The van der Waals surface area contributed by atoms with Crippen molar-refractivity contribution in [2.45, 2.75) is 13.5 Å². The van der Waals surface area contributed by atoms with Crippen LogP contribution >= 0.6 is 15.9 Å². The lowest BCUT2D eigenvalue weighted by molar-refractivity contribution is -0.134. The van der Waals surface area contributed by atoms with Crippen molar-refractivity contribution < 1.29 is 15.0 Å². The highest BCUT2D eigenvalue weighted by Crippen LogP contribution is 2.27. The molecule has 2 N–H and O–H groups in total. The van der Waals surface area contributed by atoms with E-state index in [1.54, 1.807) is 0 Å². The molecule has 0 unspecified atom stereocenters. The monoisotopic (exact) mass is 296 g/mol. The van der Waals surface area contributed by atoms with E-state index in [0.717, 1.165) is 22.3 Å². The van der Waals surface area contributed by atoms with E-state index in [9.17, 15) is 0 Å². The lowest BCUT2D eigenvalue weighted by Gasteiger charge is -2.04. The lowest BCUT2D eigenvalue weighted by atomic mass is 10.1. The molecule has 2 aromatic carbocycles. The third kappa shape index (κ3) is 3.84. The molecule has 0 spiro atoms. The summed E-state index contributed by atoms with van der Waals surface area (Å²) < 4.78 is 0.994. The zero-order valence-electron chi connectivity index (χ0n) is 9.35. The van der Waals surface area contributed by atoms with Gasteiger partial charge >= 0.3 is 0 Å². The smallest absolute Gasteiger partial charge is 0.300 e. The fraction of sp³-hybridized carbons (Fsp3) is 0.154. The van der Waals surface area contributed by atoms with E-state index in [-0.39, 0.29) is 6.61 Å². The van der Waals surface area contributed by atoms with Crippen LogP contribution in [0, 0.1) is 0 Å². The summed E-state index contributed by atoms with van der Waals surface area (Å²) in [6, 6.07) is 12.1. The van der Waals surface area contributed by atoms with Crippen LogP contribution in [-0.4, -0.2) is 16.2 Å². The summed E-state index contributed by atoms with van der Waals surface area (Å²) in [4.78, 5) is 9.00. The zero-order chi connectivity index (χ0) is 12.8. The van der Waals surface area contributed by atoms with Crippen LogP contribution in [0.15, 0.2) is 40.9 Å². The first-order valence-electron chi connectivity index (χ1n) is 5.02. The van der Waals surface area contributed by atoms with Gasteiger partial charge in [0.25, 0.3) is 5.97 Å². The number of benzene rings is 2. The summed E-state index contributed by atoms with van der Waals surface area (Å²) in [5, 5.41) is 18.8. The molecule has 0 heterocycles. The second kappa shape index (κ2) is 6.37. The molecule has 0 aliphatic heterocycles. The standard InChI is InChI=1S/C11H9BrO.C2H4O2/c12-11-9(7-13)6-5-8-3-1-2-4-10(8)11;1-2(3)4/h1-6,13H,7H2;1H3,(H,3,4). The summed E-state index contributed by atoms with van der Waals surface area (Å²) in [6.45, 7) is 1.16. The highest BCUT2D eigenvalue weighted by Gasteiger charge is 2.02. The number of aliphatic hydroxyl groups is 1. The number of carboxylic acid groups (broad SMARTS) is 1. The van der Waals surface area contributed by atoms with Crippen molar-refractivity contribution in [1.82, 2.24) is 0 Å². The highest BCUT2D eigenvalue weighted by molar-refractivity contribution is 9.10. The van der Waals surface area contributed by atoms with Crippen molar-refractivity contribution >= 4 is 32.7 Å². The van der Waals surface area contributed by atoms with Crippen molar-refractivity contribution in [1.29, 1.82) is 0 Å². The number of fused-ring (bicyclic) bond motifs is 1. The Morgan fingerprint density at radius 2 is 1.82 bits per heavy atom. The molecule has 0 aliphatic rings. The second-order valence-corrected chi connectivity index (χ2v) is 4.23. The Bertz CT molecular complexity index is 519. The molecule has 0 radical (unpaired) electrons. The molecule has 2 aromatic rings. The van der Waals surface area contributed by atoms with Gasteiger partial charge in [0, 0.05) is 11.4 Å². The van der Waals surface area contributed by atoms with Gasteiger partial charge in [-0.3, -0.25) is 4.79 Å². The maximum Gasteiger partial charge on any atom is 0.300 e. The van der Waals surface area contributed by atoms with Crippen molar-refractivity contribution in [2.24, 2.45) is 0 Å². The van der Waals surface area contributed by atoms with Crippen LogP contribution in [0.2, 0.25) is 0 Å². The first kappa shape index (κ1) is 13.7. The minimum Gasteiger partial charge on any atom is -0.481 e. The third-order valence-corrected chi connectivity index (χ3v) is 3.05. The predicted molar refractivity (Wildman–Crippen MR) is 70.9 cm³/mol. The molecule has 90 valence electrons. The normalized spacial score (nSPS) is 9.59. The topological polar surface area (TPSA) is 57.5 Å². The molecule has 0 fully saturated rings. The number of hydrogen-bond donors (Lipinski definition) is 2. The van der Waals surface area contributed by atoms with Crippen molar-refractivity contribution in [3.8, 4) is 0 Å². The van der Waals surface area contributed by atoms with Crippen molar-refractivity contribution in [3.05, 3.63) is 46.4 Å². The van der Waals surface area contributed by atoms with E-state index >= 15 is 0 Å². The Balaban J connectivity index is 0.000000317. The van der Waals surface area contributed by atoms with Crippen molar-refractivity contribution in [2.75, 3.05) is 0 Å². The van der Waals surface area contributed by atoms with Crippen LogP contribution < -0.4 is 0 Å². The molecule has 2 rings (SSSR count). The molecule has 0 saturated heterocycles. The lowest BCUT2D eigenvalue weighted by Crippen LogP contribution is -1.85. The second-order valence-electron chi connectivity index (χ2n) is 3.44. The van der Waals surface area contributed by atoms with Gasteiger partial charge in [-0.05, 0) is 32.3 Å². The molecule has 4 heteroatoms. The minimum atomic E-state index is -0.833. The molecule has 0 saturated carbocycles. The molecule has 0 aromatic heterocycles. The van der Waals surface area contributed by atoms with Gasteiger partial charge in [-0.2, -0.15) is 0 Å². The van der Waals surface area contributed by atoms with E-state index in [4.69, 9.17) is 15.0 Å². The van der Waals surface area contributed by atoms with E-state index in [1.807, 2.05) is 30.3 Å². The number of carboxylic acids is 1. The van der Waals surface area contributed by atoms with E-state index in [0.29, 0.717) is 0 Å². The van der Waals surface area contributed by atoms with Gasteiger partial charge in [0.2, 0.25) is 0 Å². The van der Waals surface area contributed by atoms with Crippen LogP contribution in [0.25, 0.3) is 10.8 Å². The van der Waals surface area contributed by atoms with Gasteiger partial charge in [-0.25, -0.2) is 0 Å². The summed E-state index contributed by atoms with van der Waals surface area (Å²) in [5.74, 6) is -0.833. The molecular weight excluding hydrogens is 284 g/mol. The zero-order valence-corrected chi connectivity index (χ0v) is 10.9. The molecule has 0 aliphatic carbocycles. The van der Waals surface area contributed by atoms with Crippen molar-refractivity contribution in [3.63, 3.8) is 0 Å². The average molecular weight is 297 g/mol. The number of aliphatic carboxylic acids is 1. The van der Waals surface area contributed by atoms with E-state index in [2.05, 4.69) is 22.0 Å². The molecule has 0 atom stereocenters. The number of hydrogen-bond acceptors (Lipinski definition) is 2. The van der Waals surface area contributed by atoms with Gasteiger partial charge in [0.1, 0.15) is 0 Å². The SMILES string of the molecule is CC(=O)O.OCc1ccc2ccccc2c1Br. The molecule has 0 bridgehead atoms. The predicted octanol–water partition coefficient (Wildman–Crippen LogP) is 3.19. The first-order chi connectivity index (χ1) is 8.06. The summed E-state index contributed by atoms with van der Waals surface area (Å²) in [6.07, 6.45) is 0. The Morgan fingerprint density at radius 1 is 1.24 bits per heavy atom. The largest absolute Gasteiger partial charge is 0.481 e. The summed E-state index contributed by atoms with van der Waals surface area (Å²) in [5.41, 5.74) is 0.929. The fourth-order valence-electron chi connectivity index (χ4n) is 1.40. The number of rotatable bonds is 1. The Morgan fingerprint density at radius 3 is 2.41 bits per heavy atom. The Kier molecular flexibility index (Phi) is 5.12. The van der Waals surface area contributed by atoms with Crippen LogP contribution in [0.3, 0.4) is 0 Å². The van der Waals surface area contributed by atoms with E-state index < -0.39 is 5.97 Å². The molecule has 0 amide bonds. The first-order valence-corrected chi connectivity index (χ1v) is 5.82. The maximum atomic E-state index is 9.05. The van der Waals surface area contributed by atoms with Crippen LogP contribution in [0.1, 0.15) is 12.5 Å². The van der Waals surface area contributed by atoms with Gasteiger partial charge in [0.15, 0.2) is 0 Å². The molecule has 3 nitrogen and oxygen atoms in total. The Hall–Kier alpha value is -1.39. The fourth-order valence-corrected chi connectivity index (χ4v) is 2.02. The quantitative estimate of drug-likeness (QED) is 0.850. The molecular formula is C13H13BrO3. The van der Waals surface area contributed by atoms with Crippen LogP contribution in [0.5, 0.6) is 0 Å². The maximum absolute atomic E-state index is 9.05. The number of aliphatic hydroxyl groups excluding tert-OH is 1.